The monoisotopic (exact) mass is 254 g/mol. The smallest absolute Gasteiger partial charge is 0.313 e. The van der Waals surface area contributed by atoms with Gasteiger partial charge >= 0.3 is 5.97 Å². The van der Waals surface area contributed by atoms with Gasteiger partial charge in [-0.2, -0.15) is 0 Å². The Morgan fingerprint density at radius 2 is 2.11 bits per heavy atom. The first kappa shape index (κ1) is 13.6. The number of rotatable bonds is 2. The molecule has 1 saturated heterocycles. The molecule has 102 valence electrons. The van der Waals surface area contributed by atoms with Gasteiger partial charge in [-0.15, -0.1) is 0 Å². The van der Waals surface area contributed by atoms with Crippen molar-refractivity contribution < 1.29 is 19.0 Å². The average Bonchev–Trinajstić information content (AvgIpc) is 2.79. The zero-order chi connectivity index (χ0) is 13.6. The molecule has 4 heteroatoms. The molecule has 3 atom stereocenters. The van der Waals surface area contributed by atoms with E-state index < -0.39 is 11.4 Å². The van der Waals surface area contributed by atoms with Crippen LogP contribution in [0.5, 0.6) is 0 Å². The molecule has 0 N–H and O–H groups in total. The Bertz CT molecular complexity index is 385. The summed E-state index contributed by atoms with van der Waals surface area (Å²) in [6.07, 6.45) is 2.94. The van der Waals surface area contributed by atoms with Crippen molar-refractivity contribution >= 4 is 5.97 Å². The van der Waals surface area contributed by atoms with Crippen LogP contribution in [0.2, 0.25) is 0 Å². The van der Waals surface area contributed by atoms with Crippen LogP contribution in [0.15, 0.2) is 11.6 Å². The van der Waals surface area contributed by atoms with Gasteiger partial charge in [0.2, 0.25) is 0 Å². The van der Waals surface area contributed by atoms with Gasteiger partial charge in [0.25, 0.3) is 0 Å². The highest BCUT2D eigenvalue weighted by molar-refractivity contribution is 5.77. The summed E-state index contributed by atoms with van der Waals surface area (Å²) in [4.78, 5) is 11.9. The summed E-state index contributed by atoms with van der Waals surface area (Å²) in [6.45, 7) is 8.32. The van der Waals surface area contributed by atoms with E-state index in [4.69, 9.17) is 14.2 Å². The van der Waals surface area contributed by atoms with Crippen LogP contribution in [-0.4, -0.2) is 31.1 Å². The predicted octanol–water partition coefficient (Wildman–Crippen LogP) is 2.28. The van der Waals surface area contributed by atoms with Gasteiger partial charge in [-0.05, 0) is 34.1 Å². The van der Waals surface area contributed by atoms with E-state index in [9.17, 15) is 4.79 Å². The summed E-state index contributed by atoms with van der Waals surface area (Å²) >= 11 is 0. The van der Waals surface area contributed by atoms with Crippen molar-refractivity contribution in [1.82, 2.24) is 0 Å². The average molecular weight is 254 g/mol. The maximum atomic E-state index is 11.9. The van der Waals surface area contributed by atoms with Gasteiger partial charge in [-0.3, -0.25) is 4.79 Å². The number of allylic oxidation sites excluding steroid dienone is 1. The number of hydrogen-bond acceptors (Lipinski definition) is 4. The number of carbonyl (C=O) groups excluding carboxylic acids is 1. The third-order valence-electron chi connectivity index (χ3n) is 4.01. The molecule has 2 aliphatic rings. The highest BCUT2D eigenvalue weighted by Crippen LogP contribution is 2.46. The molecule has 2 rings (SSSR count). The molecule has 0 amide bonds. The molecule has 1 aliphatic heterocycles. The topological polar surface area (TPSA) is 44.8 Å². The zero-order valence-electron chi connectivity index (χ0n) is 11.8. The maximum Gasteiger partial charge on any atom is 0.313 e. The fraction of sp³-hybridized carbons (Fsp3) is 0.786. The molecule has 1 fully saturated rings. The largest absolute Gasteiger partial charge is 0.469 e. The number of esters is 1. The summed E-state index contributed by atoms with van der Waals surface area (Å²) in [7, 11) is 1.43. The van der Waals surface area contributed by atoms with Crippen molar-refractivity contribution in [2.24, 2.45) is 11.8 Å². The van der Waals surface area contributed by atoms with E-state index in [0.717, 1.165) is 12.0 Å². The van der Waals surface area contributed by atoms with Crippen molar-refractivity contribution in [2.45, 2.75) is 45.5 Å². The molecule has 0 spiro atoms. The molecule has 0 aromatic heterocycles. The number of carbonyl (C=O) groups is 1. The molecule has 0 aromatic carbocycles. The van der Waals surface area contributed by atoms with Gasteiger partial charge in [0, 0.05) is 5.92 Å². The normalized spacial score (nSPS) is 38.6. The maximum absolute atomic E-state index is 11.9. The van der Waals surface area contributed by atoms with Crippen LogP contribution < -0.4 is 0 Å². The Labute approximate surface area is 108 Å². The minimum atomic E-state index is -0.577. The first-order chi connectivity index (χ1) is 8.29. The van der Waals surface area contributed by atoms with Crippen molar-refractivity contribution in [2.75, 3.05) is 13.7 Å². The van der Waals surface area contributed by atoms with Crippen molar-refractivity contribution in [3.8, 4) is 0 Å². The first-order valence-electron chi connectivity index (χ1n) is 6.38. The van der Waals surface area contributed by atoms with Crippen LogP contribution in [0.25, 0.3) is 0 Å². The summed E-state index contributed by atoms with van der Waals surface area (Å²) < 4.78 is 16.6. The Balaban J connectivity index is 2.21. The standard InChI is InChI=1S/C14H22O4/c1-9-6-7-10(11(9)12(15)16-5)14(4)8-17-13(2,3)18-14/h6,10-11H,7-8H2,1-5H3/t10-,11+,14?/m0/s1. The summed E-state index contributed by atoms with van der Waals surface area (Å²) in [6, 6.07) is 0. The van der Waals surface area contributed by atoms with E-state index in [-0.39, 0.29) is 17.8 Å². The summed E-state index contributed by atoms with van der Waals surface area (Å²) in [5.74, 6) is -0.878. The van der Waals surface area contributed by atoms with Crippen LogP contribution in [-0.2, 0) is 19.0 Å². The van der Waals surface area contributed by atoms with Crippen LogP contribution in [0.3, 0.4) is 0 Å². The van der Waals surface area contributed by atoms with E-state index in [1.54, 1.807) is 0 Å². The van der Waals surface area contributed by atoms with Crippen LogP contribution in [0.4, 0.5) is 0 Å². The fourth-order valence-electron chi connectivity index (χ4n) is 3.09. The SMILES string of the molecule is COC(=O)[C@@H]1C(C)=CC[C@@H]1C1(C)COC(C)(C)O1. The van der Waals surface area contributed by atoms with Crippen molar-refractivity contribution in [3.63, 3.8) is 0 Å². The van der Waals surface area contributed by atoms with E-state index >= 15 is 0 Å². The van der Waals surface area contributed by atoms with Crippen LogP contribution in [0.1, 0.15) is 34.1 Å². The summed E-state index contributed by atoms with van der Waals surface area (Å²) in [5, 5.41) is 0. The number of methoxy groups -OCH3 is 1. The first-order valence-corrected chi connectivity index (χ1v) is 6.38. The predicted molar refractivity (Wildman–Crippen MR) is 66.9 cm³/mol. The Morgan fingerprint density at radius 1 is 1.44 bits per heavy atom. The molecule has 4 nitrogen and oxygen atoms in total. The van der Waals surface area contributed by atoms with E-state index in [2.05, 4.69) is 6.08 Å². The van der Waals surface area contributed by atoms with Gasteiger partial charge in [0.15, 0.2) is 5.79 Å². The Morgan fingerprint density at radius 3 is 2.61 bits per heavy atom. The molecule has 0 saturated carbocycles. The lowest BCUT2D eigenvalue weighted by Gasteiger charge is -2.34. The van der Waals surface area contributed by atoms with Crippen LogP contribution >= 0.6 is 0 Å². The lowest BCUT2D eigenvalue weighted by Crippen LogP contribution is -2.43. The number of hydrogen-bond donors (Lipinski definition) is 0. The van der Waals surface area contributed by atoms with E-state index in [1.165, 1.54) is 7.11 Å². The van der Waals surface area contributed by atoms with Gasteiger partial charge in [-0.1, -0.05) is 11.6 Å². The summed E-state index contributed by atoms with van der Waals surface area (Å²) in [5.41, 5.74) is 0.637. The molecule has 1 heterocycles. The van der Waals surface area contributed by atoms with Crippen LogP contribution in [0, 0.1) is 11.8 Å². The molecule has 0 bridgehead atoms. The van der Waals surface area contributed by atoms with Crippen molar-refractivity contribution in [1.29, 1.82) is 0 Å². The minimum Gasteiger partial charge on any atom is -0.469 e. The molecule has 0 radical (unpaired) electrons. The third kappa shape index (κ3) is 2.19. The molecular weight excluding hydrogens is 232 g/mol. The van der Waals surface area contributed by atoms with Crippen molar-refractivity contribution in [3.05, 3.63) is 11.6 Å². The molecule has 18 heavy (non-hydrogen) atoms. The lowest BCUT2D eigenvalue weighted by molar-refractivity contribution is -0.176. The molecule has 1 unspecified atom stereocenters. The zero-order valence-corrected chi connectivity index (χ0v) is 11.8. The molecule has 1 aliphatic carbocycles. The third-order valence-corrected chi connectivity index (χ3v) is 4.01. The Kier molecular flexibility index (Phi) is 3.28. The second-order valence-electron chi connectivity index (χ2n) is 5.89. The quantitative estimate of drug-likeness (QED) is 0.560. The highest BCUT2D eigenvalue weighted by atomic mass is 16.8. The minimum absolute atomic E-state index is 0.0896. The second kappa shape index (κ2) is 4.35. The van der Waals surface area contributed by atoms with Gasteiger partial charge < -0.3 is 14.2 Å². The van der Waals surface area contributed by atoms with Gasteiger partial charge in [0.05, 0.1) is 25.2 Å². The van der Waals surface area contributed by atoms with Gasteiger partial charge in [0.1, 0.15) is 0 Å². The lowest BCUT2D eigenvalue weighted by atomic mass is 9.79. The highest BCUT2D eigenvalue weighted by Gasteiger charge is 2.52. The van der Waals surface area contributed by atoms with E-state index in [1.807, 2.05) is 27.7 Å². The molecular formula is C14H22O4. The molecule has 0 aromatic rings. The van der Waals surface area contributed by atoms with Gasteiger partial charge in [-0.25, -0.2) is 0 Å². The Hall–Kier alpha value is -0.870. The number of ether oxygens (including phenoxy) is 3. The second-order valence-corrected chi connectivity index (χ2v) is 5.89. The fourth-order valence-corrected chi connectivity index (χ4v) is 3.09. The van der Waals surface area contributed by atoms with E-state index in [0.29, 0.717) is 6.61 Å².